The Bertz CT molecular complexity index is 731. The molecule has 0 aliphatic heterocycles. The molecule has 21 heavy (non-hydrogen) atoms. The lowest BCUT2D eigenvalue weighted by Crippen LogP contribution is -2.00. The van der Waals surface area contributed by atoms with Crippen LogP contribution in [0.1, 0.15) is 0 Å². The summed E-state index contributed by atoms with van der Waals surface area (Å²) in [6.45, 7) is 0. The van der Waals surface area contributed by atoms with Gasteiger partial charge in [0.15, 0.2) is 5.75 Å². The van der Waals surface area contributed by atoms with Gasteiger partial charge >= 0.3 is 0 Å². The summed E-state index contributed by atoms with van der Waals surface area (Å²) in [5, 5.41) is 3.11. The Morgan fingerprint density at radius 3 is 2.48 bits per heavy atom. The average Bonchev–Trinajstić information content (AvgIpc) is 2.50. The van der Waals surface area contributed by atoms with Crippen molar-refractivity contribution in [2.45, 2.75) is 0 Å². The number of rotatable bonds is 4. The number of nitrogens with two attached hydrogens (primary N) is 1. The molecule has 0 saturated heterocycles. The Morgan fingerprint density at radius 2 is 1.67 bits per heavy atom. The van der Waals surface area contributed by atoms with Gasteiger partial charge in [0.2, 0.25) is 5.95 Å². The predicted molar refractivity (Wildman–Crippen MR) is 82.7 cm³/mol. The van der Waals surface area contributed by atoms with Crippen LogP contribution in [0, 0.1) is 0 Å². The highest BCUT2D eigenvalue weighted by atomic mass is 16.5. The van der Waals surface area contributed by atoms with Crippen LogP contribution in [-0.2, 0) is 0 Å². The van der Waals surface area contributed by atoms with Crippen LogP contribution in [0.15, 0.2) is 66.9 Å². The number of nitrogen functional groups attached to an aromatic ring is 1. The molecule has 3 aromatic rings. The van der Waals surface area contributed by atoms with Crippen molar-refractivity contribution >= 4 is 17.5 Å². The van der Waals surface area contributed by atoms with Gasteiger partial charge in [0, 0.05) is 6.20 Å². The van der Waals surface area contributed by atoms with Crippen LogP contribution in [0.5, 0.6) is 11.5 Å². The van der Waals surface area contributed by atoms with E-state index in [0.717, 1.165) is 11.4 Å². The molecule has 0 aliphatic rings. The van der Waals surface area contributed by atoms with Gasteiger partial charge in [0.05, 0.1) is 5.69 Å². The van der Waals surface area contributed by atoms with Gasteiger partial charge in [-0.15, -0.1) is 0 Å². The van der Waals surface area contributed by atoms with E-state index in [9.17, 15) is 0 Å². The molecule has 104 valence electrons. The molecule has 0 aliphatic carbocycles. The summed E-state index contributed by atoms with van der Waals surface area (Å²) in [5.74, 6) is 2.29. The molecular weight excluding hydrogens is 264 g/mol. The Morgan fingerprint density at radius 1 is 0.905 bits per heavy atom. The van der Waals surface area contributed by atoms with Gasteiger partial charge in [0.1, 0.15) is 11.6 Å². The van der Waals surface area contributed by atoms with Crippen LogP contribution >= 0.6 is 0 Å². The van der Waals surface area contributed by atoms with Crippen molar-refractivity contribution in [2.24, 2.45) is 0 Å². The monoisotopic (exact) mass is 278 g/mol. The predicted octanol–water partition coefficient (Wildman–Crippen LogP) is 3.59. The van der Waals surface area contributed by atoms with Crippen LogP contribution in [0.2, 0.25) is 0 Å². The lowest BCUT2D eigenvalue weighted by atomic mass is 10.3. The third kappa shape index (κ3) is 3.27. The molecule has 0 bridgehead atoms. The number of nitrogens with one attached hydrogen (secondary N) is 1. The lowest BCUT2D eigenvalue weighted by Gasteiger charge is -2.12. The summed E-state index contributed by atoms with van der Waals surface area (Å²) in [6.07, 6.45) is 1.60. The molecule has 0 fully saturated rings. The second kappa shape index (κ2) is 5.92. The van der Waals surface area contributed by atoms with E-state index in [1.54, 1.807) is 12.3 Å². The van der Waals surface area contributed by atoms with Gasteiger partial charge in [-0.05, 0) is 30.3 Å². The zero-order valence-corrected chi connectivity index (χ0v) is 11.2. The van der Waals surface area contributed by atoms with Crippen LogP contribution in [0.25, 0.3) is 0 Å². The molecule has 5 heteroatoms. The Labute approximate surface area is 122 Å². The van der Waals surface area contributed by atoms with Crippen LogP contribution < -0.4 is 15.8 Å². The van der Waals surface area contributed by atoms with Gasteiger partial charge in [-0.3, -0.25) is 0 Å². The standard InChI is InChI=1S/C16H14N4O/c17-15-10-11-18-16(20-15)19-13-8-4-5-9-14(13)21-12-6-2-1-3-7-12/h1-11H,(H3,17,18,19,20). The normalized spacial score (nSPS) is 10.1. The van der Waals surface area contributed by atoms with Gasteiger partial charge in [0.25, 0.3) is 0 Å². The number of nitrogens with zero attached hydrogens (tertiary/aromatic N) is 2. The van der Waals surface area contributed by atoms with E-state index in [2.05, 4.69) is 15.3 Å². The van der Waals surface area contributed by atoms with Gasteiger partial charge < -0.3 is 15.8 Å². The molecule has 5 nitrogen and oxygen atoms in total. The van der Waals surface area contributed by atoms with E-state index in [-0.39, 0.29) is 0 Å². The van der Waals surface area contributed by atoms with E-state index in [4.69, 9.17) is 10.5 Å². The topological polar surface area (TPSA) is 73.1 Å². The van der Waals surface area contributed by atoms with Gasteiger partial charge in [-0.25, -0.2) is 4.98 Å². The fraction of sp³-hybridized carbons (Fsp3) is 0. The van der Waals surface area contributed by atoms with Crippen molar-refractivity contribution in [2.75, 3.05) is 11.1 Å². The number of anilines is 3. The first kappa shape index (κ1) is 12.9. The van der Waals surface area contributed by atoms with E-state index in [1.807, 2.05) is 54.6 Å². The van der Waals surface area contributed by atoms with Crippen molar-refractivity contribution in [3.63, 3.8) is 0 Å². The minimum absolute atomic E-state index is 0.411. The fourth-order valence-electron chi connectivity index (χ4n) is 1.83. The summed E-state index contributed by atoms with van der Waals surface area (Å²) >= 11 is 0. The number of hydrogen-bond acceptors (Lipinski definition) is 5. The molecule has 2 aromatic carbocycles. The number of hydrogen-bond donors (Lipinski definition) is 2. The Balaban J connectivity index is 1.86. The first-order valence-electron chi connectivity index (χ1n) is 6.49. The molecular formula is C16H14N4O. The van der Waals surface area contributed by atoms with Crippen LogP contribution in [-0.4, -0.2) is 9.97 Å². The fourth-order valence-corrected chi connectivity index (χ4v) is 1.83. The molecule has 0 atom stereocenters. The quantitative estimate of drug-likeness (QED) is 0.763. The summed E-state index contributed by atoms with van der Waals surface area (Å²) in [7, 11) is 0. The largest absolute Gasteiger partial charge is 0.455 e. The van der Waals surface area contributed by atoms with Crippen LogP contribution in [0.3, 0.4) is 0 Å². The average molecular weight is 278 g/mol. The molecule has 0 spiro atoms. The van der Waals surface area contributed by atoms with Crippen molar-refractivity contribution in [1.82, 2.24) is 9.97 Å². The Kier molecular flexibility index (Phi) is 3.64. The summed E-state index contributed by atoms with van der Waals surface area (Å²) in [6, 6.07) is 18.8. The summed E-state index contributed by atoms with van der Waals surface area (Å²) in [5.41, 5.74) is 6.42. The number of para-hydroxylation sites is 3. The SMILES string of the molecule is Nc1ccnc(Nc2ccccc2Oc2ccccc2)n1. The smallest absolute Gasteiger partial charge is 0.229 e. The highest BCUT2D eigenvalue weighted by molar-refractivity contribution is 5.63. The Hall–Kier alpha value is -3.08. The van der Waals surface area contributed by atoms with Gasteiger partial charge in [-0.1, -0.05) is 30.3 Å². The van der Waals surface area contributed by atoms with Gasteiger partial charge in [-0.2, -0.15) is 4.98 Å². The minimum Gasteiger partial charge on any atom is -0.455 e. The second-order valence-electron chi connectivity index (χ2n) is 4.34. The van der Waals surface area contributed by atoms with Crippen molar-refractivity contribution in [1.29, 1.82) is 0 Å². The number of aromatic nitrogens is 2. The van der Waals surface area contributed by atoms with Crippen molar-refractivity contribution in [3.8, 4) is 11.5 Å². The molecule has 1 aromatic heterocycles. The zero-order chi connectivity index (χ0) is 14.5. The maximum Gasteiger partial charge on any atom is 0.229 e. The van der Waals surface area contributed by atoms with E-state index >= 15 is 0 Å². The number of ether oxygens (including phenoxy) is 1. The maximum atomic E-state index is 5.86. The molecule has 3 rings (SSSR count). The van der Waals surface area contributed by atoms with E-state index < -0.39 is 0 Å². The summed E-state index contributed by atoms with van der Waals surface area (Å²) in [4.78, 5) is 8.24. The molecule has 3 N–H and O–H groups in total. The first-order chi connectivity index (χ1) is 10.3. The highest BCUT2D eigenvalue weighted by Crippen LogP contribution is 2.30. The molecule has 0 unspecified atom stereocenters. The maximum absolute atomic E-state index is 5.86. The molecule has 0 radical (unpaired) electrons. The minimum atomic E-state index is 0.411. The lowest BCUT2D eigenvalue weighted by molar-refractivity contribution is 0.485. The van der Waals surface area contributed by atoms with Crippen molar-refractivity contribution < 1.29 is 4.74 Å². The second-order valence-corrected chi connectivity index (χ2v) is 4.34. The third-order valence-corrected chi connectivity index (χ3v) is 2.78. The third-order valence-electron chi connectivity index (χ3n) is 2.78. The highest BCUT2D eigenvalue weighted by Gasteiger charge is 2.06. The molecule has 1 heterocycles. The summed E-state index contributed by atoms with van der Waals surface area (Å²) < 4.78 is 5.86. The number of benzene rings is 2. The van der Waals surface area contributed by atoms with Crippen molar-refractivity contribution in [3.05, 3.63) is 66.9 Å². The first-order valence-corrected chi connectivity index (χ1v) is 6.49. The molecule has 0 amide bonds. The molecule has 0 saturated carbocycles. The van der Waals surface area contributed by atoms with E-state index in [0.29, 0.717) is 17.5 Å². The van der Waals surface area contributed by atoms with E-state index in [1.165, 1.54) is 0 Å². The zero-order valence-electron chi connectivity index (χ0n) is 11.2. The van der Waals surface area contributed by atoms with Crippen LogP contribution in [0.4, 0.5) is 17.5 Å².